The van der Waals surface area contributed by atoms with Gasteiger partial charge in [0.05, 0.1) is 19.2 Å². The van der Waals surface area contributed by atoms with Gasteiger partial charge in [-0.2, -0.15) is 0 Å². The van der Waals surface area contributed by atoms with Crippen molar-refractivity contribution in [3.63, 3.8) is 0 Å². The number of anilines is 1. The van der Waals surface area contributed by atoms with E-state index >= 15 is 0 Å². The first-order valence-electron chi connectivity index (χ1n) is 9.59. The monoisotopic (exact) mass is 368 g/mol. The summed E-state index contributed by atoms with van der Waals surface area (Å²) in [6.07, 6.45) is 1.89. The van der Waals surface area contributed by atoms with Crippen LogP contribution in [0.4, 0.5) is 10.1 Å². The molecule has 3 unspecified atom stereocenters. The molecule has 1 N–H and O–H groups in total. The van der Waals surface area contributed by atoms with Crippen LogP contribution in [0.3, 0.4) is 0 Å². The molecule has 0 saturated carbocycles. The number of likely N-dealkylation sites (N-methyl/N-ethyl adjacent to an activating group) is 1. The number of ether oxygens (including phenoxy) is 1. The number of nitrogens with one attached hydrogen (secondary N) is 1. The van der Waals surface area contributed by atoms with Gasteiger partial charge in [-0.3, -0.25) is 9.69 Å². The van der Waals surface area contributed by atoms with Gasteiger partial charge in [-0.05, 0) is 50.1 Å². The van der Waals surface area contributed by atoms with Crippen LogP contribution in [0.5, 0.6) is 0 Å². The second-order valence-corrected chi connectivity index (χ2v) is 7.37. The number of esters is 1. The molecule has 1 heterocycles. The third-order valence-corrected chi connectivity index (χ3v) is 5.79. The fraction of sp³-hybridized carbons (Fsp3) is 0.409. The average Bonchev–Trinajstić information content (AvgIpc) is 3.03. The third kappa shape index (κ3) is 3.21. The maximum Gasteiger partial charge on any atom is 0.320 e. The molecule has 0 bridgehead atoms. The molecule has 0 aromatic heterocycles. The van der Waals surface area contributed by atoms with E-state index in [9.17, 15) is 9.18 Å². The second-order valence-electron chi connectivity index (χ2n) is 7.37. The van der Waals surface area contributed by atoms with E-state index in [0.717, 1.165) is 24.1 Å². The van der Waals surface area contributed by atoms with Crippen LogP contribution in [0.25, 0.3) is 0 Å². The van der Waals surface area contributed by atoms with Gasteiger partial charge in [0, 0.05) is 23.2 Å². The average molecular weight is 368 g/mol. The standard InChI is InChI=1S/C22H25FN2O2/c1-3-27-20(26)13-25(2)19-12-11-16-21-15(19)8-6-10-18(21)24-22(16)14-7-4-5-9-17(14)23/h4-10,16,19,22,24H,3,11-13H2,1-2H3. The van der Waals surface area contributed by atoms with Crippen molar-refractivity contribution in [2.45, 2.75) is 37.8 Å². The quantitative estimate of drug-likeness (QED) is 0.794. The van der Waals surface area contributed by atoms with Crippen molar-refractivity contribution in [3.8, 4) is 0 Å². The first-order valence-corrected chi connectivity index (χ1v) is 9.59. The van der Waals surface area contributed by atoms with Crippen LogP contribution in [0.15, 0.2) is 42.5 Å². The minimum atomic E-state index is -0.197. The molecule has 0 saturated heterocycles. The Morgan fingerprint density at radius 1 is 1.19 bits per heavy atom. The molecular formula is C22H25FN2O2. The fourth-order valence-corrected chi connectivity index (χ4v) is 4.65. The lowest BCUT2D eigenvalue weighted by atomic mass is 9.76. The van der Waals surface area contributed by atoms with Gasteiger partial charge in [0.2, 0.25) is 0 Å². The molecule has 2 aliphatic rings. The third-order valence-electron chi connectivity index (χ3n) is 5.79. The molecule has 4 rings (SSSR count). The Morgan fingerprint density at radius 2 is 1.96 bits per heavy atom. The van der Waals surface area contributed by atoms with Gasteiger partial charge in [0.1, 0.15) is 5.82 Å². The van der Waals surface area contributed by atoms with E-state index in [1.165, 1.54) is 17.2 Å². The first-order chi connectivity index (χ1) is 13.1. The van der Waals surface area contributed by atoms with Crippen LogP contribution in [0.1, 0.15) is 54.5 Å². The van der Waals surface area contributed by atoms with Crippen molar-refractivity contribution in [1.82, 2.24) is 4.90 Å². The van der Waals surface area contributed by atoms with Crippen molar-refractivity contribution in [1.29, 1.82) is 0 Å². The maximum absolute atomic E-state index is 14.4. The summed E-state index contributed by atoms with van der Waals surface area (Å²) in [7, 11) is 1.97. The zero-order valence-corrected chi connectivity index (χ0v) is 15.7. The highest BCUT2D eigenvalue weighted by atomic mass is 19.1. The lowest BCUT2D eigenvalue weighted by Gasteiger charge is -2.36. The number of nitrogens with zero attached hydrogens (tertiary/aromatic N) is 1. The van der Waals surface area contributed by atoms with Gasteiger partial charge in [0.25, 0.3) is 0 Å². The SMILES string of the molecule is CCOC(=O)CN(C)C1CCC2c3c(cccc31)NC2c1ccccc1F. The van der Waals surface area contributed by atoms with Crippen molar-refractivity contribution in [2.24, 2.45) is 0 Å². The maximum atomic E-state index is 14.4. The van der Waals surface area contributed by atoms with Gasteiger partial charge in [0.15, 0.2) is 0 Å². The molecule has 0 spiro atoms. The number of hydrogen-bond acceptors (Lipinski definition) is 4. The van der Waals surface area contributed by atoms with Crippen LogP contribution >= 0.6 is 0 Å². The van der Waals surface area contributed by atoms with Gasteiger partial charge in [-0.15, -0.1) is 0 Å². The predicted octanol–water partition coefficient (Wildman–Crippen LogP) is 4.41. The van der Waals surface area contributed by atoms with E-state index < -0.39 is 0 Å². The Bertz CT molecular complexity index is 854. The van der Waals surface area contributed by atoms with Crippen LogP contribution in [-0.4, -0.2) is 31.1 Å². The van der Waals surface area contributed by atoms with Crippen LogP contribution < -0.4 is 5.32 Å². The molecule has 3 atom stereocenters. The van der Waals surface area contributed by atoms with Gasteiger partial charge >= 0.3 is 5.97 Å². The Labute approximate surface area is 159 Å². The molecule has 2 aromatic rings. The molecule has 4 nitrogen and oxygen atoms in total. The molecule has 1 aliphatic heterocycles. The summed E-state index contributed by atoms with van der Waals surface area (Å²) in [5.74, 6) is -0.108. The molecule has 27 heavy (non-hydrogen) atoms. The summed E-state index contributed by atoms with van der Waals surface area (Å²) in [6, 6.07) is 13.4. The summed E-state index contributed by atoms with van der Waals surface area (Å²) in [5, 5.41) is 3.54. The normalized spacial score (nSPS) is 23.0. The molecule has 2 aromatic carbocycles. The summed E-state index contributed by atoms with van der Waals surface area (Å²) < 4.78 is 19.5. The second kappa shape index (κ2) is 7.31. The lowest BCUT2D eigenvalue weighted by Crippen LogP contribution is -2.34. The molecule has 5 heteroatoms. The molecule has 0 amide bonds. The highest BCUT2D eigenvalue weighted by Gasteiger charge is 2.41. The largest absolute Gasteiger partial charge is 0.465 e. The van der Waals surface area contributed by atoms with E-state index in [4.69, 9.17) is 4.74 Å². The Kier molecular flexibility index (Phi) is 4.87. The summed E-state index contributed by atoms with van der Waals surface area (Å²) in [4.78, 5) is 14.0. The smallest absolute Gasteiger partial charge is 0.320 e. The zero-order chi connectivity index (χ0) is 19.0. The van der Waals surface area contributed by atoms with E-state index in [0.29, 0.717) is 6.61 Å². The van der Waals surface area contributed by atoms with E-state index in [-0.39, 0.29) is 36.3 Å². The number of halogens is 1. The number of carbonyl (C=O) groups excluding carboxylic acids is 1. The van der Waals surface area contributed by atoms with Gasteiger partial charge in [-0.1, -0.05) is 30.3 Å². The molecule has 1 aliphatic carbocycles. The van der Waals surface area contributed by atoms with Crippen LogP contribution in [0, 0.1) is 5.82 Å². The minimum absolute atomic E-state index is 0.0429. The predicted molar refractivity (Wildman–Crippen MR) is 103 cm³/mol. The first kappa shape index (κ1) is 18.0. The summed E-state index contributed by atoms with van der Waals surface area (Å²) in [6.45, 7) is 2.49. The lowest BCUT2D eigenvalue weighted by molar-refractivity contribution is -0.144. The number of carbonyl (C=O) groups is 1. The Hall–Kier alpha value is -2.40. The van der Waals surface area contributed by atoms with Crippen molar-refractivity contribution < 1.29 is 13.9 Å². The van der Waals surface area contributed by atoms with Crippen LogP contribution in [-0.2, 0) is 9.53 Å². The van der Waals surface area contributed by atoms with E-state index in [2.05, 4.69) is 22.3 Å². The molecule has 142 valence electrons. The molecule has 0 radical (unpaired) electrons. The highest BCUT2D eigenvalue weighted by molar-refractivity contribution is 5.72. The van der Waals surface area contributed by atoms with Crippen molar-refractivity contribution in [3.05, 3.63) is 65.0 Å². The van der Waals surface area contributed by atoms with Gasteiger partial charge in [-0.25, -0.2) is 4.39 Å². The molecule has 0 fully saturated rings. The number of benzene rings is 2. The Morgan fingerprint density at radius 3 is 2.74 bits per heavy atom. The minimum Gasteiger partial charge on any atom is -0.465 e. The fourth-order valence-electron chi connectivity index (χ4n) is 4.65. The highest BCUT2D eigenvalue weighted by Crippen LogP contribution is 2.54. The summed E-state index contributed by atoms with van der Waals surface area (Å²) in [5.41, 5.74) is 4.32. The van der Waals surface area contributed by atoms with Crippen molar-refractivity contribution in [2.75, 3.05) is 25.5 Å². The summed E-state index contributed by atoms with van der Waals surface area (Å²) >= 11 is 0. The van der Waals surface area contributed by atoms with E-state index in [1.54, 1.807) is 6.07 Å². The number of rotatable bonds is 5. The van der Waals surface area contributed by atoms with E-state index in [1.807, 2.05) is 32.2 Å². The van der Waals surface area contributed by atoms with Gasteiger partial charge < -0.3 is 10.1 Å². The number of hydrogen-bond donors (Lipinski definition) is 1. The van der Waals surface area contributed by atoms with Crippen molar-refractivity contribution >= 4 is 11.7 Å². The Balaban J connectivity index is 1.64. The zero-order valence-electron chi connectivity index (χ0n) is 15.7. The van der Waals surface area contributed by atoms with Crippen LogP contribution in [0.2, 0.25) is 0 Å². The topological polar surface area (TPSA) is 41.6 Å². The molecular weight excluding hydrogens is 343 g/mol.